The summed E-state index contributed by atoms with van der Waals surface area (Å²) < 4.78 is 20.3. The van der Waals surface area contributed by atoms with Gasteiger partial charge in [-0.25, -0.2) is 9.18 Å². The van der Waals surface area contributed by atoms with Gasteiger partial charge in [-0.05, 0) is 19.1 Å². The minimum atomic E-state index is -0.376. The van der Waals surface area contributed by atoms with E-state index in [9.17, 15) is 9.18 Å². The number of nitrogens with zero attached hydrogens (tertiary/aromatic N) is 4. The fraction of sp³-hybridized carbons (Fsp3) is 0.444. The van der Waals surface area contributed by atoms with Gasteiger partial charge < -0.3 is 19.9 Å². The fourth-order valence-corrected chi connectivity index (χ4v) is 3.04. The van der Waals surface area contributed by atoms with Gasteiger partial charge in [-0.1, -0.05) is 0 Å². The fourth-order valence-electron chi connectivity index (χ4n) is 3.04. The van der Waals surface area contributed by atoms with Crippen LogP contribution in [0.3, 0.4) is 0 Å². The molecule has 1 aromatic carbocycles. The first-order chi connectivity index (χ1) is 12.5. The van der Waals surface area contributed by atoms with Crippen LogP contribution in [-0.2, 0) is 7.05 Å². The molecule has 1 aliphatic heterocycles. The molecular formula is C18H24FN5O2. The molecule has 1 N–H and O–H groups in total. The van der Waals surface area contributed by atoms with Crippen LogP contribution in [0.2, 0.25) is 0 Å². The number of amides is 2. The van der Waals surface area contributed by atoms with E-state index < -0.39 is 0 Å². The number of hydrogen-bond donors (Lipinski definition) is 1. The predicted molar refractivity (Wildman–Crippen MR) is 96.9 cm³/mol. The van der Waals surface area contributed by atoms with Gasteiger partial charge in [0.05, 0.1) is 19.3 Å². The lowest BCUT2D eigenvalue weighted by Crippen LogP contribution is -2.52. The highest BCUT2D eigenvalue weighted by Gasteiger charge is 2.23. The first-order valence-corrected chi connectivity index (χ1v) is 8.60. The molecule has 140 valence electrons. The smallest absolute Gasteiger partial charge is 0.317 e. The Labute approximate surface area is 152 Å². The van der Waals surface area contributed by atoms with Crippen LogP contribution in [0.5, 0.6) is 5.75 Å². The van der Waals surface area contributed by atoms with Crippen molar-refractivity contribution < 1.29 is 13.9 Å². The second kappa shape index (κ2) is 7.63. The van der Waals surface area contributed by atoms with Crippen LogP contribution in [0, 0.1) is 5.82 Å². The van der Waals surface area contributed by atoms with Crippen LogP contribution in [0.25, 0.3) is 0 Å². The second-order valence-corrected chi connectivity index (χ2v) is 6.41. The molecule has 3 rings (SSSR count). The van der Waals surface area contributed by atoms with Crippen LogP contribution in [0.4, 0.5) is 14.9 Å². The lowest BCUT2D eigenvalue weighted by molar-refractivity contribution is 0.191. The van der Waals surface area contributed by atoms with Gasteiger partial charge in [0, 0.05) is 56.7 Å². The highest BCUT2D eigenvalue weighted by molar-refractivity contribution is 5.75. The summed E-state index contributed by atoms with van der Waals surface area (Å²) in [7, 11) is 3.30. The summed E-state index contributed by atoms with van der Waals surface area (Å²) in [4.78, 5) is 16.4. The summed E-state index contributed by atoms with van der Waals surface area (Å²) in [5, 5.41) is 7.13. The molecule has 2 amide bonds. The Hall–Kier alpha value is -2.77. The van der Waals surface area contributed by atoms with Gasteiger partial charge in [-0.15, -0.1) is 0 Å². The lowest BCUT2D eigenvalue weighted by Gasteiger charge is -2.36. The number of carbonyl (C=O) groups excluding carboxylic acids is 1. The van der Waals surface area contributed by atoms with Gasteiger partial charge in [0.15, 0.2) is 11.6 Å². The van der Waals surface area contributed by atoms with Crippen LogP contribution >= 0.6 is 0 Å². The van der Waals surface area contributed by atoms with E-state index in [1.165, 1.54) is 13.2 Å². The minimum absolute atomic E-state index is 0.0855. The zero-order chi connectivity index (χ0) is 18.7. The monoisotopic (exact) mass is 361 g/mol. The standard InChI is InChI=1S/C18H24FN5O2/c1-13(14-11-20-22(2)12-14)21-18(25)24-8-6-23(7-9-24)15-4-5-16(19)17(10-15)26-3/h4-5,10-13H,6-9H2,1-3H3,(H,21,25). The molecule has 0 radical (unpaired) electrons. The van der Waals surface area contributed by atoms with E-state index in [4.69, 9.17) is 4.74 Å². The third-order valence-electron chi connectivity index (χ3n) is 4.63. The van der Waals surface area contributed by atoms with Crippen molar-refractivity contribution in [3.8, 4) is 5.75 Å². The highest BCUT2D eigenvalue weighted by Crippen LogP contribution is 2.25. The van der Waals surface area contributed by atoms with Crippen molar-refractivity contribution in [3.05, 3.63) is 42.0 Å². The van der Waals surface area contributed by atoms with Crippen molar-refractivity contribution >= 4 is 11.7 Å². The molecule has 1 unspecified atom stereocenters. The molecule has 8 heteroatoms. The molecular weight excluding hydrogens is 337 g/mol. The van der Waals surface area contributed by atoms with Gasteiger partial charge in [0.25, 0.3) is 0 Å². The Morgan fingerprint density at radius 1 is 1.31 bits per heavy atom. The number of ether oxygens (including phenoxy) is 1. The number of halogens is 1. The van der Waals surface area contributed by atoms with E-state index >= 15 is 0 Å². The van der Waals surface area contributed by atoms with Crippen molar-refractivity contribution in [2.24, 2.45) is 7.05 Å². The van der Waals surface area contributed by atoms with Crippen molar-refractivity contribution in [3.63, 3.8) is 0 Å². The average Bonchev–Trinajstić information content (AvgIpc) is 3.09. The Morgan fingerprint density at radius 2 is 2.04 bits per heavy atom. The zero-order valence-corrected chi connectivity index (χ0v) is 15.3. The normalized spacial score (nSPS) is 15.7. The van der Waals surface area contributed by atoms with E-state index in [1.807, 2.05) is 20.2 Å². The number of methoxy groups -OCH3 is 1. The number of aromatic nitrogens is 2. The van der Waals surface area contributed by atoms with Crippen LogP contribution in [-0.4, -0.2) is 54.0 Å². The largest absolute Gasteiger partial charge is 0.494 e. The zero-order valence-electron chi connectivity index (χ0n) is 15.3. The average molecular weight is 361 g/mol. The van der Waals surface area contributed by atoms with Crippen molar-refractivity contribution in [1.29, 1.82) is 0 Å². The maximum atomic E-state index is 13.6. The summed E-state index contributed by atoms with van der Waals surface area (Å²) in [6.07, 6.45) is 3.65. The molecule has 26 heavy (non-hydrogen) atoms. The molecule has 2 aromatic rings. The van der Waals surface area contributed by atoms with Crippen LogP contribution < -0.4 is 15.0 Å². The van der Waals surface area contributed by atoms with Crippen molar-refractivity contribution in [2.45, 2.75) is 13.0 Å². The molecule has 0 saturated carbocycles. The molecule has 2 heterocycles. The van der Waals surface area contributed by atoms with Gasteiger partial charge in [-0.2, -0.15) is 5.10 Å². The number of hydrogen-bond acceptors (Lipinski definition) is 4. The van der Waals surface area contributed by atoms with E-state index in [-0.39, 0.29) is 23.6 Å². The molecule has 1 atom stereocenters. The molecule has 0 bridgehead atoms. The van der Waals surface area contributed by atoms with Gasteiger partial charge >= 0.3 is 6.03 Å². The maximum absolute atomic E-state index is 13.6. The van der Waals surface area contributed by atoms with Crippen molar-refractivity contribution in [1.82, 2.24) is 20.0 Å². The quantitative estimate of drug-likeness (QED) is 0.907. The number of urea groups is 1. The first kappa shape index (κ1) is 18.0. The number of carbonyl (C=O) groups is 1. The summed E-state index contributed by atoms with van der Waals surface area (Å²) in [6.45, 7) is 4.51. The number of nitrogens with one attached hydrogen (secondary N) is 1. The maximum Gasteiger partial charge on any atom is 0.317 e. The molecule has 0 spiro atoms. The van der Waals surface area contributed by atoms with Crippen molar-refractivity contribution in [2.75, 3.05) is 38.2 Å². The lowest BCUT2D eigenvalue weighted by atomic mass is 10.2. The molecule has 7 nitrogen and oxygen atoms in total. The number of rotatable bonds is 4. The number of anilines is 1. The van der Waals surface area contributed by atoms with E-state index in [2.05, 4.69) is 15.3 Å². The summed E-state index contributed by atoms with van der Waals surface area (Å²) in [5.41, 5.74) is 1.87. The SMILES string of the molecule is COc1cc(N2CCN(C(=O)NC(C)c3cnn(C)c3)CC2)ccc1F. The predicted octanol–water partition coefficient (Wildman–Crippen LogP) is 2.16. The van der Waals surface area contributed by atoms with E-state index in [0.29, 0.717) is 26.2 Å². The molecule has 1 aliphatic rings. The molecule has 1 saturated heterocycles. The topological polar surface area (TPSA) is 62.6 Å². The molecule has 0 aliphatic carbocycles. The Balaban J connectivity index is 1.55. The van der Waals surface area contributed by atoms with Crippen LogP contribution in [0.1, 0.15) is 18.5 Å². The Kier molecular flexibility index (Phi) is 5.29. The Bertz CT molecular complexity index is 771. The third kappa shape index (κ3) is 3.89. The number of benzene rings is 1. The first-order valence-electron chi connectivity index (χ1n) is 8.60. The summed E-state index contributed by atoms with van der Waals surface area (Å²) in [5.74, 6) is -0.147. The third-order valence-corrected chi connectivity index (χ3v) is 4.63. The highest BCUT2D eigenvalue weighted by atomic mass is 19.1. The summed E-state index contributed by atoms with van der Waals surface area (Å²) >= 11 is 0. The summed E-state index contributed by atoms with van der Waals surface area (Å²) in [6, 6.07) is 4.64. The van der Waals surface area contributed by atoms with Crippen LogP contribution in [0.15, 0.2) is 30.6 Å². The van der Waals surface area contributed by atoms with Gasteiger partial charge in [0.2, 0.25) is 0 Å². The van der Waals surface area contributed by atoms with E-state index in [1.54, 1.807) is 27.9 Å². The van der Waals surface area contributed by atoms with Gasteiger partial charge in [0.1, 0.15) is 0 Å². The second-order valence-electron chi connectivity index (χ2n) is 6.41. The molecule has 1 aromatic heterocycles. The minimum Gasteiger partial charge on any atom is -0.494 e. The number of piperazine rings is 1. The van der Waals surface area contributed by atoms with Gasteiger partial charge in [-0.3, -0.25) is 4.68 Å². The Morgan fingerprint density at radius 3 is 2.65 bits per heavy atom. The molecule has 1 fully saturated rings. The van der Waals surface area contributed by atoms with E-state index in [0.717, 1.165) is 11.3 Å². The number of aryl methyl sites for hydroxylation is 1.